The number of hydrogen-bond donors (Lipinski definition) is 1. The summed E-state index contributed by atoms with van der Waals surface area (Å²) in [6, 6.07) is 0.745. The fraction of sp³-hybridized carbons (Fsp3) is 0.938. The van der Waals surface area contributed by atoms with Crippen LogP contribution >= 0.6 is 0 Å². The van der Waals surface area contributed by atoms with Gasteiger partial charge in [-0.2, -0.15) is 0 Å². The van der Waals surface area contributed by atoms with E-state index >= 15 is 0 Å². The van der Waals surface area contributed by atoms with Gasteiger partial charge in [0, 0.05) is 6.04 Å². The van der Waals surface area contributed by atoms with Gasteiger partial charge in [-0.25, -0.2) is 0 Å². The van der Waals surface area contributed by atoms with Crippen LogP contribution < -0.4 is 5.32 Å². The van der Waals surface area contributed by atoms with Crippen LogP contribution in [0.5, 0.6) is 0 Å². The second-order valence-electron chi connectivity index (χ2n) is 13.9. The molecule has 0 heterocycles. The molecule has 4 aliphatic carbocycles. The van der Waals surface area contributed by atoms with E-state index in [1.54, 1.807) is 0 Å². The van der Waals surface area contributed by atoms with Crippen LogP contribution in [-0.2, 0) is 0 Å². The summed E-state index contributed by atoms with van der Waals surface area (Å²) in [7, 11) is 0. The van der Waals surface area contributed by atoms with Crippen molar-refractivity contribution in [1.82, 2.24) is 5.32 Å². The van der Waals surface area contributed by atoms with Gasteiger partial charge in [0.15, 0.2) is 0 Å². The molecule has 4 rings (SSSR count). The fourth-order valence-corrected chi connectivity index (χ4v) is 9.54. The van der Waals surface area contributed by atoms with Crippen LogP contribution in [-0.4, -0.2) is 12.6 Å². The minimum atomic E-state index is 0.507. The fourth-order valence-electron chi connectivity index (χ4n) is 9.54. The largest absolute Gasteiger partial charge is 0.314 e. The van der Waals surface area contributed by atoms with Gasteiger partial charge in [-0.15, -0.1) is 0 Å². The minimum absolute atomic E-state index is 0.507. The number of fused-ring (bicyclic) bond motifs is 5. The summed E-state index contributed by atoms with van der Waals surface area (Å²) < 4.78 is 0. The lowest BCUT2D eigenvalue weighted by molar-refractivity contribution is -0.0514. The molecule has 0 bridgehead atoms. The maximum atomic E-state index is 3.92. The SMILES string of the molecule is CCCCCN[C@H]1CC[C@@]2(C)C(=CCC3C2CC[C@@]2(C)C3CC[C@@H]2[C@H](C)CCCC(C)C)C1. The Kier molecular flexibility index (Phi) is 8.40. The molecule has 4 aliphatic rings. The summed E-state index contributed by atoms with van der Waals surface area (Å²) >= 11 is 0. The summed E-state index contributed by atoms with van der Waals surface area (Å²) in [6.07, 6.45) is 22.8. The Bertz CT molecular complexity index is 663. The Hall–Kier alpha value is -0.300. The second-order valence-corrected chi connectivity index (χ2v) is 13.9. The topological polar surface area (TPSA) is 12.0 Å². The average molecular weight is 456 g/mol. The predicted molar refractivity (Wildman–Crippen MR) is 144 cm³/mol. The first-order valence-electron chi connectivity index (χ1n) is 15.2. The van der Waals surface area contributed by atoms with Crippen LogP contribution in [0.4, 0.5) is 0 Å². The lowest BCUT2D eigenvalue weighted by Crippen LogP contribution is -2.51. The third-order valence-electron chi connectivity index (χ3n) is 11.5. The lowest BCUT2D eigenvalue weighted by atomic mass is 9.47. The smallest absolute Gasteiger partial charge is 0.0105 e. The zero-order valence-corrected chi connectivity index (χ0v) is 23.2. The van der Waals surface area contributed by atoms with E-state index in [0.717, 1.165) is 41.5 Å². The van der Waals surface area contributed by atoms with Crippen LogP contribution in [0.2, 0.25) is 0 Å². The lowest BCUT2D eigenvalue weighted by Gasteiger charge is -2.58. The van der Waals surface area contributed by atoms with E-state index < -0.39 is 0 Å². The molecule has 1 N–H and O–H groups in total. The molecule has 3 unspecified atom stereocenters. The minimum Gasteiger partial charge on any atom is -0.314 e. The van der Waals surface area contributed by atoms with E-state index in [0.29, 0.717) is 10.8 Å². The Morgan fingerprint density at radius 2 is 1.76 bits per heavy atom. The molecule has 0 saturated heterocycles. The summed E-state index contributed by atoms with van der Waals surface area (Å²) in [5.41, 5.74) is 2.98. The normalized spacial score (nSPS) is 41.3. The van der Waals surface area contributed by atoms with Gasteiger partial charge >= 0.3 is 0 Å². The van der Waals surface area contributed by atoms with Crippen LogP contribution in [0.25, 0.3) is 0 Å². The van der Waals surface area contributed by atoms with Crippen LogP contribution in [0.1, 0.15) is 131 Å². The summed E-state index contributed by atoms with van der Waals surface area (Å²) in [4.78, 5) is 0. The number of nitrogens with one attached hydrogen (secondary N) is 1. The van der Waals surface area contributed by atoms with Crippen molar-refractivity contribution in [3.63, 3.8) is 0 Å². The standard InChI is InChI=1S/C32H57N/c1-7-8-9-21-33-26-17-19-31(5)25(22-26)13-14-27-29-16-15-28(24(4)12-10-11-23(2)3)32(29,6)20-18-30(27)31/h13,23-24,26-30,33H,7-12,14-22H2,1-6H3/t24-,26+,27?,28-,29?,30?,31+,32-/m1/s1. The summed E-state index contributed by atoms with van der Waals surface area (Å²) in [6.45, 7) is 16.4. The van der Waals surface area contributed by atoms with Crippen molar-refractivity contribution >= 4 is 0 Å². The third kappa shape index (κ3) is 5.15. The van der Waals surface area contributed by atoms with E-state index in [4.69, 9.17) is 0 Å². The molecule has 3 fully saturated rings. The van der Waals surface area contributed by atoms with Crippen molar-refractivity contribution in [3.8, 4) is 0 Å². The van der Waals surface area contributed by atoms with Crippen molar-refractivity contribution in [3.05, 3.63) is 11.6 Å². The van der Waals surface area contributed by atoms with Gasteiger partial charge in [0.25, 0.3) is 0 Å². The molecule has 0 aromatic rings. The highest BCUT2D eigenvalue weighted by Crippen LogP contribution is 2.67. The van der Waals surface area contributed by atoms with E-state index in [2.05, 4.69) is 52.9 Å². The molecule has 8 atom stereocenters. The zero-order chi connectivity index (χ0) is 23.6. The number of allylic oxidation sites excluding steroid dienone is 1. The molecular weight excluding hydrogens is 398 g/mol. The molecule has 0 aliphatic heterocycles. The van der Waals surface area contributed by atoms with Gasteiger partial charge in [0.1, 0.15) is 0 Å². The molecule has 190 valence electrons. The summed E-state index contributed by atoms with van der Waals surface area (Å²) in [5.74, 6) is 5.70. The number of unbranched alkanes of at least 4 members (excludes halogenated alkanes) is 2. The maximum absolute atomic E-state index is 3.92. The van der Waals surface area contributed by atoms with Gasteiger partial charge in [-0.1, -0.05) is 85.3 Å². The molecule has 0 aromatic heterocycles. The first kappa shape index (κ1) is 25.8. The Morgan fingerprint density at radius 3 is 2.52 bits per heavy atom. The zero-order valence-electron chi connectivity index (χ0n) is 23.2. The first-order valence-corrected chi connectivity index (χ1v) is 15.2. The van der Waals surface area contributed by atoms with Crippen molar-refractivity contribution in [2.24, 2.45) is 46.3 Å². The second kappa shape index (κ2) is 10.8. The number of hydrogen-bond acceptors (Lipinski definition) is 1. The van der Waals surface area contributed by atoms with Gasteiger partial charge in [-0.3, -0.25) is 0 Å². The van der Waals surface area contributed by atoms with E-state index in [1.165, 1.54) is 96.4 Å². The Labute approximate surface area is 207 Å². The van der Waals surface area contributed by atoms with Crippen LogP contribution in [0, 0.1) is 46.3 Å². The molecule has 1 nitrogen and oxygen atoms in total. The molecule has 0 spiro atoms. The van der Waals surface area contributed by atoms with Crippen molar-refractivity contribution in [2.75, 3.05) is 6.54 Å². The third-order valence-corrected chi connectivity index (χ3v) is 11.5. The molecule has 0 radical (unpaired) electrons. The average Bonchev–Trinajstić information content (AvgIpc) is 3.14. The maximum Gasteiger partial charge on any atom is 0.0105 e. The van der Waals surface area contributed by atoms with E-state index in [1.807, 2.05) is 5.57 Å². The van der Waals surface area contributed by atoms with Crippen molar-refractivity contribution < 1.29 is 0 Å². The van der Waals surface area contributed by atoms with Crippen LogP contribution in [0.15, 0.2) is 11.6 Å². The predicted octanol–water partition coefficient (Wildman–Crippen LogP) is 9.18. The van der Waals surface area contributed by atoms with E-state index in [9.17, 15) is 0 Å². The molecule has 1 heteroatoms. The van der Waals surface area contributed by atoms with Crippen LogP contribution in [0.3, 0.4) is 0 Å². The number of rotatable bonds is 10. The molecule has 0 aromatic carbocycles. The van der Waals surface area contributed by atoms with Gasteiger partial charge < -0.3 is 5.32 Å². The quantitative estimate of drug-likeness (QED) is 0.256. The first-order chi connectivity index (χ1) is 15.8. The molecular formula is C32H57N. The highest BCUT2D eigenvalue weighted by molar-refractivity contribution is 5.26. The van der Waals surface area contributed by atoms with Crippen molar-refractivity contribution in [1.29, 1.82) is 0 Å². The van der Waals surface area contributed by atoms with Gasteiger partial charge in [0.05, 0.1) is 0 Å². The Morgan fingerprint density at radius 1 is 0.939 bits per heavy atom. The van der Waals surface area contributed by atoms with Crippen molar-refractivity contribution in [2.45, 2.75) is 137 Å². The molecule has 0 amide bonds. The summed E-state index contributed by atoms with van der Waals surface area (Å²) in [5, 5.41) is 3.92. The highest BCUT2D eigenvalue weighted by Gasteiger charge is 2.59. The monoisotopic (exact) mass is 455 g/mol. The Balaban J connectivity index is 1.40. The van der Waals surface area contributed by atoms with Gasteiger partial charge in [-0.05, 0) is 111 Å². The molecule has 3 saturated carbocycles. The van der Waals surface area contributed by atoms with E-state index in [-0.39, 0.29) is 0 Å². The highest BCUT2D eigenvalue weighted by atomic mass is 14.9. The van der Waals surface area contributed by atoms with Gasteiger partial charge in [0.2, 0.25) is 0 Å². The molecule has 33 heavy (non-hydrogen) atoms.